The number of hydrogen-bond donors (Lipinski definition) is 1. The summed E-state index contributed by atoms with van der Waals surface area (Å²) in [5, 5.41) is 1.07. The van der Waals surface area contributed by atoms with Crippen molar-refractivity contribution in [1.82, 2.24) is 4.98 Å². The summed E-state index contributed by atoms with van der Waals surface area (Å²) in [4.78, 5) is 4.47. The highest BCUT2D eigenvalue weighted by Gasteiger charge is 2.06. The molecule has 0 saturated heterocycles. The highest BCUT2D eigenvalue weighted by atomic mass is 16.5. The zero-order valence-corrected chi connectivity index (χ0v) is 8.95. The largest absolute Gasteiger partial charge is 0.494 e. The van der Waals surface area contributed by atoms with Gasteiger partial charge in [-0.05, 0) is 24.6 Å². The van der Waals surface area contributed by atoms with E-state index in [9.17, 15) is 0 Å². The number of pyridine rings is 1. The van der Waals surface area contributed by atoms with Gasteiger partial charge in [-0.1, -0.05) is 12.1 Å². The Morgan fingerprint density at radius 2 is 2.20 bits per heavy atom. The van der Waals surface area contributed by atoms with Gasteiger partial charge >= 0.3 is 0 Å². The molecule has 15 heavy (non-hydrogen) atoms. The molecule has 1 aromatic carbocycles. The smallest absolute Gasteiger partial charge is 0.145 e. The molecular formula is C12H14N2O. The van der Waals surface area contributed by atoms with Crippen molar-refractivity contribution in [2.24, 2.45) is 5.73 Å². The molecule has 78 valence electrons. The van der Waals surface area contributed by atoms with Crippen LogP contribution in [0.4, 0.5) is 0 Å². The molecule has 2 rings (SSSR count). The molecule has 0 bridgehead atoms. The highest BCUT2D eigenvalue weighted by Crippen LogP contribution is 2.26. The summed E-state index contributed by atoms with van der Waals surface area (Å²) >= 11 is 0. The van der Waals surface area contributed by atoms with Crippen molar-refractivity contribution in [1.29, 1.82) is 0 Å². The molecule has 1 heterocycles. The fraction of sp³-hybridized carbons (Fsp3) is 0.250. The minimum Gasteiger partial charge on any atom is -0.494 e. The van der Waals surface area contributed by atoms with E-state index < -0.39 is 0 Å². The number of nitrogens with two attached hydrogens (primary N) is 1. The third kappa shape index (κ3) is 1.66. The molecule has 0 aliphatic rings. The molecule has 3 nitrogen and oxygen atoms in total. The summed E-state index contributed by atoms with van der Waals surface area (Å²) in [5.74, 6) is 0.797. The molecule has 0 radical (unpaired) electrons. The molecule has 2 N–H and O–H groups in total. The van der Waals surface area contributed by atoms with E-state index >= 15 is 0 Å². The predicted molar refractivity (Wildman–Crippen MR) is 60.9 cm³/mol. The van der Waals surface area contributed by atoms with E-state index in [2.05, 4.69) is 4.98 Å². The van der Waals surface area contributed by atoms with Crippen LogP contribution in [0.2, 0.25) is 0 Å². The minimum atomic E-state index is 0.521. The topological polar surface area (TPSA) is 48.1 Å². The molecule has 1 aromatic heterocycles. The van der Waals surface area contributed by atoms with Crippen LogP contribution in [-0.2, 0) is 6.54 Å². The first-order valence-corrected chi connectivity index (χ1v) is 4.89. The van der Waals surface area contributed by atoms with E-state index in [0.29, 0.717) is 6.54 Å². The number of aromatic nitrogens is 1. The SMILES string of the molecule is COc1cccc2c(CN)cc(C)nc12. The number of hydrogen-bond acceptors (Lipinski definition) is 3. The van der Waals surface area contributed by atoms with Crippen molar-refractivity contribution >= 4 is 10.9 Å². The van der Waals surface area contributed by atoms with Crippen molar-refractivity contribution in [3.63, 3.8) is 0 Å². The van der Waals surface area contributed by atoms with Crippen LogP contribution in [0.25, 0.3) is 10.9 Å². The van der Waals surface area contributed by atoms with E-state index in [4.69, 9.17) is 10.5 Å². The molecule has 2 aromatic rings. The van der Waals surface area contributed by atoms with Crippen LogP contribution in [-0.4, -0.2) is 12.1 Å². The molecule has 0 amide bonds. The molecule has 0 unspecified atom stereocenters. The van der Waals surface area contributed by atoms with E-state index in [0.717, 1.165) is 27.9 Å². The van der Waals surface area contributed by atoms with Gasteiger partial charge in [0.15, 0.2) is 0 Å². The first-order chi connectivity index (χ1) is 7.26. The Balaban J connectivity index is 2.82. The maximum absolute atomic E-state index is 5.71. The summed E-state index contributed by atoms with van der Waals surface area (Å²) in [6.07, 6.45) is 0. The van der Waals surface area contributed by atoms with Crippen LogP contribution < -0.4 is 10.5 Å². The second-order valence-corrected chi connectivity index (χ2v) is 3.48. The first kappa shape index (κ1) is 9.93. The molecule has 0 saturated carbocycles. The Morgan fingerprint density at radius 1 is 1.40 bits per heavy atom. The van der Waals surface area contributed by atoms with Crippen molar-refractivity contribution in [2.45, 2.75) is 13.5 Å². The third-order valence-electron chi connectivity index (χ3n) is 2.46. The third-order valence-corrected chi connectivity index (χ3v) is 2.46. The lowest BCUT2D eigenvalue weighted by Crippen LogP contribution is -2.00. The van der Waals surface area contributed by atoms with E-state index in [1.54, 1.807) is 7.11 Å². The maximum Gasteiger partial charge on any atom is 0.145 e. The van der Waals surface area contributed by atoms with Gasteiger partial charge in [0, 0.05) is 17.6 Å². The molecule has 0 spiro atoms. The average Bonchev–Trinajstić information content (AvgIpc) is 2.27. The molecule has 0 aliphatic heterocycles. The summed E-state index contributed by atoms with van der Waals surface area (Å²) < 4.78 is 5.28. The fourth-order valence-corrected chi connectivity index (χ4v) is 1.77. The Labute approximate surface area is 88.9 Å². The number of nitrogens with zero attached hydrogens (tertiary/aromatic N) is 1. The first-order valence-electron chi connectivity index (χ1n) is 4.89. The lowest BCUT2D eigenvalue weighted by molar-refractivity contribution is 0.419. The fourth-order valence-electron chi connectivity index (χ4n) is 1.77. The molecular weight excluding hydrogens is 188 g/mol. The van der Waals surface area contributed by atoms with Crippen LogP contribution >= 0.6 is 0 Å². The molecule has 0 aliphatic carbocycles. The second kappa shape index (κ2) is 3.87. The number of fused-ring (bicyclic) bond motifs is 1. The normalized spacial score (nSPS) is 10.6. The minimum absolute atomic E-state index is 0.521. The lowest BCUT2D eigenvalue weighted by Gasteiger charge is -2.08. The zero-order valence-electron chi connectivity index (χ0n) is 8.95. The Hall–Kier alpha value is -1.61. The predicted octanol–water partition coefficient (Wildman–Crippen LogP) is 2.01. The van der Waals surface area contributed by atoms with E-state index in [1.807, 2.05) is 31.2 Å². The van der Waals surface area contributed by atoms with Crippen LogP contribution in [0.1, 0.15) is 11.3 Å². The zero-order chi connectivity index (χ0) is 10.8. The number of benzene rings is 1. The van der Waals surface area contributed by atoms with Crippen LogP contribution in [0.3, 0.4) is 0 Å². The van der Waals surface area contributed by atoms with Crippen molar-refractivity contribution in [3.05, 3.63) is 35.5 Å². The van der Waals surface area contributed by atoms with Gasteiger partial charge in [0.25, 0.3) is 0 Å². The monoisotopic (exact) mass is 202 g/mol. The average molecular weight is 202 g/mol. The van der Waals surface area contributed by atoms with Gasteiger partial charge in [-0.3, -0.25) is 0 Å². The highest BCUT2D eigenvalue weighted by molar-refractivity contribution is 5.87. The number of ether oxygens (including phenoxy) is 1. The molecule has 0 fully saturated rings. The second-order valence-electron chi connectivity index (χ2n) is 3.48. The van der Waals surface area contributed by atoms with Crippen LogP contribution in [0.5, 0.6) is 5.75 Å². The summed E-state index contributed by atoms with van der Waals surface area (Å²) in [6.45, 7) is 2.48. The van der Waals surface area contributed by atoms with Crippen LogP contribution in [0, 0.1) is 6.92 Å². The maximum atomic E-state index is 5.71. The summed E-state index contributed by atoms with van der Waals surface area (Å²) in [5.41, 5.74) is 8.67. The van der Waals surface area contributed by atoms with Crippen molar-refractivity contribution in [2.75, 3.05) is 7.11 Å². The lowest BCUT2D eigenvalue weighted by atomic mass is 10.1. The standard InChI is InChI=1S/C12H14N2O/c1-8-6-9(7-13)10-4-3-5-11(15-2)12(10)14-8/h3-6H,7,13H2,1-2H3. The van der Waals surface area contributed by atoms with Crippen molar-refractivity contribution in [3.8, 4) is 5.75 Å². The van der Waals surface area contributed by atoms with Gasteiger partial charge in [-0.2, -0.15) is 0 Å². The number of rotatable bonds is 2. The van der Waals surface area contributed by atoms with Gasteiger partial charge in [-0.15, -0.1) is 0 Å². The van der Waals surface area contributed by atoms with Crippen molar-refractivity contribution < 1.29 is 4.74 Å². The molecule has 3 heteroatoms. The Bertz CT molecular complexity index is 494. The Kier molecular flexibility index (Phi) is 2.56. The summed E-state index contributed by atoms with van der Waals surface area (Å²) in [6, 6.07) is 7.90. The van der Waals surface area contributed by atoms with Gasteiger partial charge in [0.05, 0.1) is 7.11 Å². The number of para-hydroxylation sites is 1. The van der Waals surface area contributed by atoms with Gasteiger partial charge in [-0.25, -0.2) is 4.98 Å². The summed E-state index contributed by atoms with van der Waals surface area (Å²) in [7, 11) is 1.65. The van der Waals surface area contributed by atoms with E-state index in [-0.39, 0.29) is 0 Å². The number of methoxy groups -OCH3 is 1. The van der Waals surface area contributed by atoms with Gasteiger partial charge in [0.2, 0.25) is 0 Å². The van der Waals surface area contributed by atoms with Gasteiger partial charge in [0.1, 0.15) is 11.3 Å². The quantitative estimate of drug-likeness (QED) is 0.810. The Morgan fingerprint density at radius 3 is 2.87 bits per heavy atom. The molecule has 0 atom stereocenters. The van der Waals surface area contributed by atoms with Crippen LogP contribution in [0.15, 0.2) is 24.3 Å². The van der Waals surface area contributed by atoms with E-state index in [1.165, 1.54) is 0 Å². The van der Waals surface area contributed by atoms with Gasteiger partial charge < -0.3 is 10.5 Å². The number of aryl methyl sites for hydroxylation is 1.